The number of carbonyl (C=O) groups excluding carboxylic acids is 1. The second-order valence-electron chi connectivity index (χ2n) is 5.07. The van der Waals surface area contributed by atoms with Gasteiger partial charge in [0.15, 0.2) is 0 Å². The molecule has 1 heterocycles. The minimum absolute atomic E-state index is 0.139. The largest absolute Gasteiger partial charge is 0.480 e. The van der Waals surface area contributed by atoms with Crippen molar-refractivity contribution in [3.8, 4) is 0 Å². The SMILES string of the molecule is O=C(O)[C@@H]1C[C@H](O)CN1C(=O)CC1=CCCCC1. The number of β-amino-alcohol motifs (C(OH)–C–C–N with tert-alkyl or cyclic N) is 1. The molecule has 0 aromatic heterocycles. The number of allylic oxidation sites excluding steroid dienone is 1. The molecule has 2 aliphatic rings. The number of aliphatic hydroxyl groups excluding tert-OH is 1. The van der Waals surface area contributed by atoms with E-state index in [0.29, 0.717) is 6.42 Å². The van der Waals surface area contributed by atoms with Crippen LogP contribution in [0.2, 0.25) is 0 Å². The Bertz CT molecular complexity index is 377. The zero-order valence-corrected chi connectivity index (χ0v) is 10.3. The van der Waals surface area contributed by atoms with Gasteiger partial charge in [-0.1, -0.05) is 11.6 Å². The predicted octanol–water partition coefficient (Wildman–Crippen LogP) is 0.923. The Kier molecular flexibility index (Phi) is 4.01. The lowest BCUT2D eigenvalue weighted by molar-refractivity contribution is -0.148. The van der Waals surface area contributed by atoms with Crippen LogP contribution in [0.1, 0.15) is 38.5 Å². The Hall–Kier alpha value is -1.36. The van der Waals surface area contributed by atoms with E-state index in [1.807, 2.05) is 0 Å². The van der Waals surface area contributed by atoms with E-state index in [9.17, 15) is 14.7 Å². The maximum atomic E-state index is 12.1. The molecule has 2 N–H and O–H groups in total. The van der Waals surface area contributed by atoms with Crippen LogP contribution >= 0.6 is 0 Å². The Labute approximate surface area is 106 Å². The number of hydrogen-bond donors (Lipinski definition) is 2. The quantitative estimate of drug-likeness (QED) is 0.733. The lowest BCUT2D eigenvalue weighted by Crippen LogP contribution is -2.40. The monoisotopic (exact) mass is 253 g/mol. The van der Waals surface area contributed by atoms with E-state index < -0.39 is 18.1 Å². The van der Waals surface area contributed by atoms with Gasteiger partial charge in [-0.15, -0.1) is 0 Å². The average Bonchev–Trinajstić information content (AvgIpc) is 2.73. The zero-order valence-electron chi connectivity index (χ0n) is 10.3. The molecule has 0 aromatic rings. The van der Waals surface area contributed by atoms with Crippen LogP contribution in [0.3, 0.4) is 0 Å². The second-order valence-corrected chi connectivity index (χ2v) is 5.07. The van der Waals surface area contributed by atoms with Gasteiger partial charge >= 0.3 is 5.97 Å². The van der Waals surface area contributed by atoms with Gasteiger partial charge in [-0.3, -0.25) is 4.79 Å². The first-order valence-corrected chi connectivity index (χ1v) is 6.46. The minimum atomic E-state index is -1.03. The van der Waals surface area contributed by atoms with E-state index in [-0.39, 0.29) is 18.9 Å². The standard InChI is InChI=1S/C13H19NO4/c15-10-7-11(13(17)18)14(8-10)12(16)6-9-4-2-1-3-5-9/h4,10-11,15H,1-3,5-8H2,(H,17,18)/t10-,11-/m0/s1. The normalized spacial score (nSPS) is 28.1. The molecule has 1 amide bonds. The number of hydrogen-bond acceptors (Lipinski definition) is 3. The van der Waals surface area contributed by atoms with E-state index in [4.69, 9.17) is 5.11 Å². The summed E-state index contributed by atoms with van der Waals surface area (Å²) < 4.78 is 0. The number of likely N-dealkylation sites (tertiary alicyclic amines) is 1. The number of rotatable bonds is 3. The van der Waals surface area contributed by atoms with Gasteiger partial charge in [0, 0.05) is 19.4 Å². The molecule has 1 fully saturated rings. The van der Waals surface area contributed by atoms with E-state index in [1.165, 1.54) is 4.90 Å². The van der Waals surface area contributed by atoms with Gasteiger partial charge in [-0.05, 0) is 25.7 Å². The first-order valence-electron chi connectivity index (χ1n) is 6.46. The fourth-order valence-electron chi connectivity index (χ4n) is 2.68. The molecule has 1 saturated heterocycles. The maximum absolute atomic E-state index is 12.1. The van der Waals surface area contributed by atoms with Gasteiger partial charge < -0.3 is 15.1 Å². The van der Waals surface area contributed by atoms with Crippen molar-refractivity contribution in [1.82, 2.24) is 4.90 Å². The molecule has 0 spiro atoms. The smallest absolute Gasteiger partial charge is 0.326 e. The number of aliphatic carboxylic acids is 1. The molecule has 0 unspecified atom stereocenters. The summed E-state index contributed by atoms with van der Waals surface area (Å²) in [6.07, 6.45) is 6.02. The lowest BCUT2D eigenvalue weighted by atomic mass is 9.97. The molecule has 100 valence electrons. The average molecular weight is 253 g/mol. The molecule has 0 aromatic carbocycles. The van der Waals surface area contributed by atoms with Crippen molar-refractivity contribution in [2.24, 2.45) is 0 Å². The molecule has 5 heteroatoms. The van der Waals surface area contributed by atoms with Crippen LogP contribution < -0.4 is 0 Å². The van der Waals surface area contributed by atoms with E-state index in [1.54, 1.807) is 0 Å². The summed E-state index contributed by atoms with van der Waals surface area (Å²) in [5, 5.41) is 18.5. The van der Waals surface area contributed by atoms with Crippen LogP contribution in [0.4, 0.5) is 0 Å². The van der Waals surface area contributed by atoms with Crippen molar-refractivity contribution < 1.29 is 19.8 Å². The van der Waals surface area contributed by atoms with Crippen LogP contribution in [0.25, 0.3) is 0 Å². The van der Waals surface area contributed by atoms with E-state index >= 15 is 0 Å². The molecule has 1 aliphatic heterocycles. The van der Waals surface area contributed by atoms with Crippen LogP contribution in [-0.4, -0.2) is 45.7 Å². The van der Waals surface area contributed by atoms with Crippen LogP contribution in [0.15, 0.2) is 11.6 Å². The molecule has 0 bridgehead atoms. The summed E-state index contributed by atoms with van der Waals surface area (Å²) in [4.78, 5) is 24.4. The van der Waals surface area contributed by atoms with Crippen molar-refractivity contribution in [2.75, 3.05) is 6.54 Å². The van der Waals surface area contributed by atoms with Crippen LogP contribution in [-0.2, 0) is 9.59 Å². The fraction of sp³-hybridized carbons (Fsp3) is 0.692. The third kappa shape index (κ3) is 2.90. The van der Waals surface area contributed by atoms with Gasteiger partial charge in [0.1, 0.15) is 6.04 Å². The third-order valence-electron chi connectivity index (χ3n) is 3.65. The predicted molar refractivity (Wildman–Crippen MR) is 64.9 cm³/mol. The highest BCUT2D eigenvalue weighted by atomic mass is 16.4. The summed E-state index contributed by atoms with van der Waals surface area (Å²) in [5.41, 5.74) is 1.11. The fourth-order valence-corrected chi connectivity index (χ4v) is 2.68. The van der Waals surface area contributed by atoms with Crippen molar-refractivity contribution >= 4 is 11.9 Å². The topological polar surface area (TPSA) is 77.8 Å². The second kappa shape index (κ2) is 5.52. The number of carbonyl (C=O) groups is 2. The summed E-state index contributed by atoms with van der Waals surface area (Å²) in [5.74, 6) is -1.20. The van der Waals surface area contributed by atoms with Gasteiger partial charge in [0.2, 0.25) is 5.91 Å². The van der Waals surface area contributed by atoms with Gasteiger partial charge in [0.25, 0.3) is 0 Å². The third-order valence-corrected chi connectivity index (χ3v) is 3.65. The Balaban J connectivity index is 1.99. The molecule has 18 heavy (non-hydrogen) atoms. The highest BCUT2D eigenvalue weighted by molar-refractivity contribution is 5.85. The van der Waals surface area contributed by atoms with Crippen molar-refractivity contribution in [3.05, 3.63) is 11.6 Å². The number of nitrogens with zero attached hydrogens (tertiary/aromatic N) is 1. The molecular formula is C13H19NO4. The first-order chi connectivity index (χ1) is 8.58. The Morgan fingerprint density at radius 1 is 1.39 bits per heavy atom. The first kappa shape index (κ1) is 13.1. The van der Waals surface area contributed by atoms with Crippen molar-refractivity contribution in [2.45, 2.75) is 50.7 Å². The highest BCUT2D eigenvalue weighted by Crippen LogP contribution is 2.24. The molecule has 5 nitrogen and oxygen atoms in total. The molecule has 0 radical (unpaired) electrons. The number of carboxylic acids is 1. The van der Waals surface area contributed by atoms with Crippen LogP contribution in [0, 0.1) is 0 Å². The van der Waals surface area contributed by atoms with Gasteiger partial charge in [0.05, 0.1) is 6.10 Å². The molecule has 2 rings (SSSR count). The molecule has 1 aliphatic carbocycles. The minimum Gasteiger partial charge on any atom is -0.480 e. The van der Waals surface area contributed by atoms with Crippen molar-refractivity contribution in [3.63, 3.8) is 0 Å². The van der Waals surface area contributed by atoms with E-state index in [0.717, 1.165) is 31.3 Å². The summed E-state index contributed by atoms with van der Waals surface area (Å²) in [6, 6.07) is -0.864. The highest BCUT2D eigenvalue weighted by Gasteiger charge is 2.38. The lowest BCUT2D eigenvalue weighted by Gasteiger charge is -2.22. The maximum Gasteiger partial charge on any atom is 0.326 e. The summed E-state index contributed by atoms with van der Waals surface area (Å²) in [6.45, 7) is 0.142. The van der Waals surface area contributed by atoms with Gasteiger partial charge in [-0.25, -0.2) is 4.79 Å². The summed E-state index contributed by atoms with van der Waals surface area (Å²) >= 11 is 0. The number of carboxylic acid groups (broad SMARTS) is 1. The zero-order chi connectivity index (χ0) is 13.1. The molecule has 0 saturated carbocycles. The van der Waals surface area contributed by atoms with E-state index in [2.05, 4.69) is 6.08 Å². The number of aliphatic hydroxyl groups is 1. The van der Waals surface area contributed by atoms with Crippen LogP contribution in [0.5, 0.6) is 0 Å². The number of amides is 1. The van der Waals surface area contributed by atoms with Gasteiger partial charge in [-0.2, -0.15) is 0 Å². The molecular weight excluding hydrogens is 234 g/mol. The summed E-state index contributed by atoms with van der Waals surface area (Å²) in [7, 11) is 0. The Morgan fingerprint density at radius 3 is 2.78 bits per heavy atom. The van der Waals surface area contributed by atoms with Crippen molar-refractivity contribution in [1.29, 1.82) is 0 Å². The Morgan fingerprint density at radius 2 is 2.17 bits per heavy atom. The molecule has 2 atom stereocenters.